The molecule has 266 valence electrons. The van der Waals surface area contributed by atoms with Crippen LogP contribution >= 0.6 is 19.9 Å². The van der Waals surface area contributed by atoms with E-state index in [-0.39, 0.29) is 27.7 Å². The van der Waals surface area contributed by atoms with Gasteiger partial charge in [0.2, 0.25) is 6.79 Å². The number of halogens is 2. The summed E-state index contributed by atoms with van der Waals surface area (Å²) in [5.74, 6) is -0.652. The Hall–Kier alpha value is -3.96. The van der Waals surface area contributed by atoms with Crippen LogP contribution in [0.25, 0.3) is 22.4 Å². The molecule has 0 spiro atoms. The highest BCUT2D eigenvalue weighted by Gasteiger charge is 2.39. The van der Waals surface area contributed by atoms with Crippen LogP contribution in [0.4, 0.5) is 10.2 Å². The highest BCUT2D eigenvalue weighted by atomic mass is 35.5. The van der Waals surface area contributed by atoms with E-state index in [1.165, 1.54) is 12.1 Å². The average Bonchev–Trinajstić information content (AvgIpc) is 3.48. The fourth-order valence-electron chi connectivity index (χ4n) is 5.81. The number of benzene rings is 1. The minimum absolute atomic E-state index is 0.0270. The normalized spacial score (nSPS) is 15.0. The van der Waals surface area contributed by atoms with Gasteiger partial charge in [-0.3, -0.25) is 4.79 Å². The summed E-state index contributed by atoms with van der Waals surface area (Å²) in [6.45, 7) is 14.9. The van der Waals surface area contributed by atoms with Gasteiger partial charge in [0.15, 0.2) is 11.3 Å². The zero-order chi connectivity index (χ0) is 36.4. The van der Waals surface area contributed by atoms with Crippen molar-refractivity contribution >= 4 is 48.6 Å². The van der Waals surface area contributed by atoms with E-state index in [1.54, 1.807) is 36.1 Å². The van der Waals surface area contributed by atoms with E-state index in [9.17, 15) is 18.5 Å². The number of carbonyl (C=O) groups is 2. The molecule has 0 aliphatic carbocycles. The standard InChI is InChI=1S/C36H42ClFN4O7P/c1-8-9-16-47-50(45)48-21-46-34(44)24-11-13-31(39-22(24)2)41-14-15-42(36(6,7)20-41)33(43)30-19-29-32(49-30)25(35(3,4)5)18-28(40-29)23-10-12-26(37)27(38)17-23/h10-13,17-19H,8-9,14-16,20-21H2,1-7H3/q+1. The van der Waals surface area contributed by atoms with Gasteiger partial charge in [-0.25, -0.2) is 19.2 Å². The SMILES string of the molecule is CCCCO[P+](=O)OCOC(=O)c1ccc(N2CCN(C(=O)c3cc4nc(-c5ccc(Cl)c(F)c5)cc(C(C)(C)C)c4o3)C(C)(C)C2)nc1C. The van der Waals surface area contributed by atoms with Crippen molar-refractivity contribution in [2.75, 3.05) is 37.9 Å². The third kappa shape index (κ3) is 8.32. The van der Waals surface area contributed by atoms with Gasteiger partial charge in [0, 0.05) is 41.4 Å². The Labute approximate surface area is 297 Å². The summed E-state index contributed by atoms with van der Waals surface area (Å²) in [7, 11) is -2.37. The number of fused-ring (bicyclic) bond motifs is 1. The second-order valence-electron chi connectivity index (χ2n) is 13.8. The van der Waals surface area contributed by atoms with Crippen molar-refractivity contribution in [1.82, 2.24) is 14.9 Å². The highest BCUT2D eigenvalue weighted by molar-refractivity contribution is 7.33. The molecule has 4 aromatic rings. The number of hydrogen-bond donors (Lipinski definition) is 0. The van der Waals surface area contributed by atoms with E-state index in [4.69, 9.17) is 34.8 Å². The van der Waals surface area contributed by atoms with Crippen LogP contribution < -0.4 is 4.90 Å². The minimum Gasteiger partial charge on any atom is -0.449 e. The van der Waals surface area contributed by atoms with Crippen LogP contribution in [0.15, 0.2) is 46.9 Å². The number of aryl methyl sites for hydroxylation is 1. The average molecular weight is 728 g/mol. The van der Waals surface area contributed by atoms with Crippen LogP contribution in [-0.2, 0) is 23.8 Å². The largest absolute Gasteiger partial charge is 0.700 e. The number of nitrogens with zero attached hydrogens (tertiary/aromatic N) is 4. The van der Waals surface area contributed by atoms with Gasteiger partial charge in [-0.1, -0.05) is 56.3 Å². The van der Waals surface area contributed by atoms with Crippen LogP contribution in [0.2, 0.25) is 5.02 Å². The number of aromatic nitrogens is 2. The second kappa shape index (κ2) is 15.1. The Balaban J connectivity index is 1.29. The Morgan fingerprint density at radius 2 is 1.84 bits per heavy atom. The molecule has 0 saturated carbocycles. The molecule has 0 radical (unpaired) electrons. The van der Waals surface area contributed by atoms with Crippen molar-refractivity contribution in [2.24, 2.45) is 0 Å². The minimum atomic E-state index is -2.37. The van der Waals surface area contributed by atoms with E-state index in [0.717, 1.165) is 18.4 Å². The van der Waals surface area contributed by atoms with Gasteiger partial charge in [0.1, 0.15) is 23.8 Å². The van der Waals surface area contributed by atoms with Gasteiger partial charge >= 0.3 is 14.2 Å². The molecule has 1 fully saturated rings. The van der Waals surface area contributed by atoms with Crippen LogP contribution in [0, 0.1) is 12.7 Å². The maximum Gasteiger partial charge on any atom is 0.700 e. The van der Waals surface area contributed by atoms with Crippen molar-refractivity contribution in [3.63, 3.8) is 0 Å². The lowest BCUT2D eigenvalue weighted by atomic mass is 9.86. The Morgan fingerprint density at radius 1 is 1.08 bits per heavy atom. The summed E-state index contributed by atoms with van der Waals surface area (Å²) >= 11 is 5.92. The van der Waals surface area contributed by atoms with Crippen molar-refractivity contribution in [3.8, 4) is 11.3 Å². The first kappa shape index (κ1) is 37.3. The van der Waals surface area contributed by atoms with E-state index in [0.29, 0.717) is 60.1 Å². The molecule has 14 heteroatoms. The lowest BCUT2D eigenvalue weighted by Gasteiger charge is -2.47. The Kier molecular flexibility index (Phi) is 11.3. The molecule has 1 unspecified atom stereocenters. The molecule has 1 atom stereocenters. The quantitative estimate of drug-likeness (QED) is 0.0642. The fraction of sp³-hybridized carbons (Fsp3) is 0.444. The van der Waals surface area contributed by atoms with E-state index in [1.807, 2.05) is 47.6 Å². The third-order valence-electron chi connectivity index (χ3n) is 8.52. The molecule has 5 rings (SSSR count). The van der Waals surface area contributed by atoms with Crippen LogP contribution in [-0.4, -0.2) is 65.3 Å². The number of hydrogen-bond acceptors (Lipinski definition) is 10. The van der Waals surface area contributed by atoms with Crippen LogP contribution in [0.3, 0.4) is 0 Å². The summed E-state index contributed by atoms with van der Waals surface area (Å²) in [5, 5.41) is 0.0270. The molecular formula is C36H42ClFN4O7P+. The summed E-state index contributed by atoms with van der Waals surface area (Å²) in [5.41, 5.74) is 2.68. The zero-order valence-electron chi connectivity index (χ0n) is 29.3. The van der Waals surface area contributed by atoms with Gasteiger partial charge in [-0.15, -0.1) is 4.52 Å². The Bertz CT molecular complexity index is 1930. The summed E-state index contributed by atoms with van der Waals surface area (Å²) in [6, 6.07) is 11.4. The number of amides is 1. The van der Waals surface area contributed by atoms with Crippen LogP contribution in [0.5, 0.6) is 0 Å². The molecular weight excluding hydrogens is 686 g/mol. The molecule has 1 aromatic carbocycles. The van der Waals surface area contributed by atoms with E-state index >= 15 is 0 Å². The van der Waals surface area contributed by atoms with E-state index in [2.05, 4.69) is 9.88 Å². The van der Waals surface area contributed by atoms with Crippen LogP contribution in [0.1, 0.15) is 86.6 Å². The van der Waals surface area contributed by atoms with Crippen molar-refractivity contribution in [1.29, 1.82) is 0 Å². The van der Waals surface area contributed by atoms with Crippen molar-refractivity contribution in [2.45, 2.75) is 72.3 Å². The first-order chi connectivity index (χ1) is 23.6. The predicted octanol–water partition coefficient (Wildman–Crippen LogP) is 8.63. The van der Waals surface area contributed by atoms with Crippen molar-refractivity contribution in [3.05, 3.63) is 75.9 Å². The van der Waals surface area contributed by atoms with Crippen molar-refractivity contribution < 1.29 is 36.7 Å². The molecule has 0 bridgehead atoms. The number of esters is 1. The van der Waals surface area contributed by atoms with Gasteiger partial charge in [-0.05, 0) is 62.9 Å². The Morgan fingerprint density at radius 3 is 2.50 bits per heavy atom. The molecule has 4 heterocycles. The number of anilines is 1. The molecule has 1 amide bonds. The number of carbonyl (C=O) groups excluding carboxylic acids is 2. The summed E-state index contributed by atoms with van der Waals surface area (Å²) < 4.78 is 47.4. The zero-order valence-corrected chi connectivity index (χ0v) is 31.0. The molecule has 1 saturated heterocycles. The summed E-state index contributed by atoms with van der Waals surface area (Å²) in [6.07, 6.45) is 1.64. The van der Waals surface area contributed by atoms with Gasteiger partial charge in [-0.2, -0.15) is 0 Å². The number of piperazine rings is 1. The number of pyridine rings is 2. The number of unbranched alkanes of at least 4 members (excludes halogenated alkanes) is 1. The molecule has 3 aromatic heterocycles. The van der Waals surface area contributed by atoms with Gasteiger partial charge in [0.05, 0.1) is 27.5 Å². The molecule has 1 aliphatic heterocycles. The van der Waals surface area contributed by atoms with Gasteiger partial charge < -0.3 is 19.0 Å². The molecule has 0 N–H and O–H groups in total. The first-order valence-corrected chi connectivity index (χ1v) is 17.9. The molecule has 11 nitrogen and oxygen atoms in total. The predicted molar refractivity (Wildman–Crippen MR) is 189 cm³/mol. The number of furan rings is 1. The maximum absolute atomic E-state index is 14.3. The maximum atomic E-state index is 14.3. The number of rotatable bonds is 11. The smallest absolute Gasteiger partial charge is 0.449 e. The highest BCUT2D eigenvalue weighted by Crippen LogP contribution is 2.36. The fourth-order valence-corrected chi connectivity index (χ4v) is 6.42. The second-order valence-corrected chi connectivity index (χ2v) is 15.2. The van der Waals surface area contributed by atoms with E-state index < -0.39 is 32.4 Å². The third-order valence-corrected chi connectivity index (χ3v) is 9.53. The monoisotopic (exact) mass is 727 g/mol. The first-order valence-electron chi connectivity index (χ1n) is 16.4. The topological polar surface area (TPSA) is 124 Å². The molecule has 1 aliphatic rings. The molecule has 50 heavy (non-hydrogen) atoms. The number of ether oxygens (including phenoxy) is 1. The van der Waals surface area contributed by atoms with Gasteiger partial charge in [0.25, 0.3) is 5.91 Å². The lowest BCUT2D eigenvalue weighted by Crippen LogP contribution is -2.61. The summed E-state index contributed by atoms with van der Waals surface area (Å²) in [4.78, 5) is 39.9. The lowest BCUT2D eigenvalue weighted by molar-refractivity contribution is 0.0128.